The summed E-state index contributed by atoms with van der Waals surface area (Å²) in [4.78, 5) is 50.8. The molecule has 6 rings (SSSR count). The largest absolute Gasteiger partial charge is 0.352 e. The first kappa shape index (κ1) is 28.2. The number of fused-ring (bicyclic) bond motifs is 2. The van der Waals surface area contributed by atoms with Gasteiger partial charge in [0.05, 0.1) is 6.42 Å². The van der Waals surface area contributed by atoms with Crippen molar-refractivity contribution in [3.05, 3.63) is 118 Å². The maximum Gasteiger partial charge on any atom is 0.255 e. The van der Waals surface area contributed by atoms with E-state index in [0.717, 1.165) is 33.0 Å². The first-order valence-electron chi connectivity index (χ1n) is 14.3. The lowest BCUT2D eigenvalue weighted by Crippen LogP contribution is -2.52. The van der Waals surface area contributed by atoms with E-state index in [4.69, 9.17) is 0 Å². The molecule has 1 fully saturated rings. The molecule has 1 atom stereocenters. The number of rotatable bonds is 9. The maximum absolute atomic E-state index is 14.5. The zero-order valence-electron chi connectivity index (χ0n) is 23.5. The van der Waals surface area contributed by atoms with Gasteiger partial charge in [0.25, 0.3) is 5.91 Å². The molecule has 1 saturated heterocycles. The number of nitrogens with zero attached hydrogens (tertiary/aromatic N) is 1. The lowest BCUT2D eigenvalue weighted by atomic mass is 10.0. The van der Waals surface area contributed by atoms with Crippen LogP contribution < -0.4 is 16.0 Å². The average Bonchev–Trinajstić information content (AvgIpc) is 3.33. The Morgan fingerprint density at radius 3 is 2.40 bits per heavy atom. The van der Waals surface area contributed by atoms with Gasteiger partial charge in [0, 0.05) is 43.7 Å². The number of imide groups is 1. The van der Waals surface area contributed by atoms with Crippen LogP contribution in [-0.2, 0) is 47.0 Å². The maximum atomic E-state index is 14.5. The molecule has 0 bridgehead atoms. The van der Waals surface area contributed by atoms with Gasteiger partial charge in [0.15, 0.2) is 0 Å². The van der Waals surface area contributed by atoms with E-state index in [1.165, 1.54) is 6.07 Å². The molecule has 0 aliphatic carbocycles. The third kappa shape index (κ3) is 6.17. The molecule has 4 aromatic rings. The second kappa shape index (κ2) is 12.1. The molecule has 9 heteroatoms. The van der Waals surface area contributed by atoms with E-state index in [-0.39, 0.29) is 36.4 Å². The summed E-state index contributed by atoms with van der Waals surface area (Å²) in [7, 11) is 0. The molecule has 0 spiro atoms. The quantitative estimate of drug-likeness (QED) is 0.261. The number of piperidine rings is 1. The van der Waals surface area contributed by atoms with Crippen LogP contribution in [0, 0.1) is 5.82 Å². The van der Waals surface area contributed by atoms with Crippen LogP contribution in [0.5, 0.6) is 0 Å². The Balaban J connectivity index is 0.980. The SMILES string of the molecule is O=C(Cc1c(F)ccc2ccccc12)NCc1ccc(CNCc2ccc3c(c2)CN(C2CCC(=O)NC2=O)C3=O)cc1. The highest BCUT2D eigenvalue weighted by atomic mass is 19.1. The van der Waals surface area contributed by atoms with Crippen molar-refractivity contribution in [1.29, 1.82) is 0 Å². The third-order valence-corrected chi connectivity index (χ3v) is 8.08. The number of hydrogen-bond donors (Lipinski definition) is 3. The van der Waals surface area contributed by atoms with Gasteiger partial charge in [-0.1, -0.05) is 66.7 Å². The molecule has 2 aliphatic rings. The second-order valence-electron chi connectivity index (χ2n) is 11.0. The van der Waals surface area contributed by atoms with Gasteiger partial charge in [-0.15, -0.1) is 0 Å². The van der Waals surface area contributed by atoms with Crippen LogP contribution in [0.4, 0.5) is 4.39 Å². The molecule has 3 N–H and O–H groups in total. The summed E-state index contributed by atoms with van der Waals surface area (Å²) in [6.07, 6.45) is 0.546. The van der Waals surface area contributed by atoms with Crippen LogP contribution >= 0.6 is 0 Å². The minimum atomic E-state index is -0.623. The number of benzene rings is 4. The Morgan fingerprint density at radius 2 is 1.60 bits per heavy atom. The zero-order valence-corrected chi connectivity index (χ0v) is 23.5. The van der Waals surface area contributed by atoms with Gasteiger partial charge >= 0.3 is 0 Å². The fourth-order valence-corrected chi connectivity index (χ4v) is 5.78. The Morgan fingerprint density at radius 1 is 0.884 bits per heavy atom. The van der Waals surface area contributed by atoms with E-state index in [9.17, 15) is 23.6 Å². The minimum absolute atomic E-state index is 0.0268. The Hall–Kier alpha value is -4.89. The van der Waals surface area contributed by atoms with Crippen molar-refractivity contribution in [3.8, 4) is 0 Å². The third-order valence-electron chi connectivity index (χ3n) is 8.08. The van der Waals surface area contributed by atoms with Crippen molar-refractivity contribution in [2.24, 2.45) is 0 Å². The van der Waals surface area contributed by atoms with E-state index < -0.39 is 11.9 Å². The molecule has 0 saturated carbocycles. The van der Waals surface area contributed by atoms with E-state index in [1.807, 2.05) is 60.7 Å². The summed E-state index contributed by atoms with van der Waals surface area (Å²) in [5.74, 6) is -1.51. The second-order valence-corrected chi connectivity index (χ2v) is 11.0. The highest BCUT2D eigenvalue weighted by Crippen LogP contribution is 2.28. The van der Waals surface area contributed by atoms with Crippen molar-refractivity contribution in [1.82, 2.24) is 20.9 Å². The zero-order chi connectivity index (χ0) is 29.9. The molecule has 43 heavy (non-hydrogen) atoms. The summed E-state index contributed by atoms with van der Waals surface area (Å²) in [5.41, 5.74) is 4.92. The smallest absolute Gasteiger partial charge is 0.255 e. The molecule has 2 heterocycles. The van der Waals surface area contributed by atoms with Crippen molar-refractivity contribution in [2.75, 3.05) is 0 Å². The highest BCUT2D eigenvalue weighted by molar-refractivity contribution is 6.05. The lowest BCUT2D eigenvalue weighted by molar-refractivity contribution is -0.137. The highest BCUT2D eigenvalue weighted by Gasteiger charge is 2.39. The van der Waals surface area contributed by atoms with E-state index in [2.05, 4.69) is 16.0 Å². The summed E-state index contributed by atoms with van der Waals surface area (Å²) < 4.78 is 14.5. The molecule has 218 valence electrons. The predicted molar refractivity (Wildman–Crippen MR) is 159 cm³/mol. The molecule has 4 amide bonds. The molecule has 4 aromatic carbocycles. The Bertz CT molecular complexity index is 1740. The summed E-state index contributed by atoms with van der Waals surface area (Å²) in [6, 6.07) is 23.6. The van der Waals surface area contributed by atoms with E-state index in [0.29, 0.717) is 43.7 Å². The van der Waals surface area contributed by atoms with Crippen LogP contribution in [0.25, 0.3) is 10.8 Å². The molecule has 8 nitrogen and oxygen atoms in total. The molecule has 0 aromatic heterocycles. The van der Waals surface area contributed by atoms with Gasteiger partial charge in [-0.2, -0.15) is 0 Å². The lowest BCUT2D eigenvalue weighted by Gasteiger charge is -2.29. The topological polar surface area (TPSA) is 108 Å². The number of carbonyl (C=O) groups excluding carboxylic acids is 4. The van der Waals surface area contributed by atoms with Crippen molar-refractivity contribution in [3.63, 3.8) is 0 Å². The van der Waals surface area contributed by atoms with Crippen LogP contribution in [0.2, 0.25) is 0 Å². The first-order valence-corrected chi connectivity index (χ1v) is 14.3. The summed E-state index contributed by atoms with van der Waals surface area (Å²) in [6.45, 7) is 1.93. The standard InChI is InChI=1S/C34H31FN4O4/c35-29-12-10-24-3-1-2-4-26(24)28(29)16-32(41)37-19-22-7-5-21(6-8-22)17-36-18-23-9-11-27-25(15-23)20-39(34(27)43)30-13-14-31(40)38-33(30)42/h1-12,15,30,36H,13-14,16-20H2,(H,37,41)(H,38,40,42). The molecule has 1 unspecified atom stereocenters. The first-order chi connectivity index (χ1) is 20.9. The summed E-state index contributed by atoms with van der Waals surface area (Å²) >= 11 is 0. The van der Waals surface area contributed by atoms with Crippen LogP contribution in [0.15, 0.2) is 78.9 Å². The van der Waals surface area contributed by atoms with E-state index in [1.54, 1.807) is 17.0 Å². The van der Waals surface area contributed by atoms with Crippen LogP contribution in [-0.4, -0.2) is 34.6 Å². The summed E-state index contributed by atoms with van der Waals surface area (Å²) in [5, 5.41) is 10.3. The van der Waals surface area contributed by atoms with Crippen LogP contribution in [0.3, 0.4) is 0 Å². The average molecular weight is 579 g/mol. The van der Waals surface area contributed by atoms with Crippen molar-refractivity contribution >= 4 is 34.4 Å². The fraction of sp³-hybridized carbons (Fsp3) is 0.235. The Kier molecular flexibility index (Phi) is 7.98. The van der Waals surface area contributed by atoms with E-state index >= 15 is 0 Å². The number of nitrogens with one attached hydrogen (secondary N) is 3. The Labute approximate surface area is 248 Å². The molecular formula is C34H31FN4O4. The van der Waals surface area contributed by atoms with Crippen LogP contribution in [0.1, 0.15) is 51.0 Å². The monoisotopic (exact) mass is 578 g/mol. The van der Waals surface area contributed by atoms with Gasteiger partial charge in [0.1, 0.15) is 11.9 Å². The van der Waals surface area contributed by atoms with Gasteiger partial charge in [-0.25, -0.2) is 4.39 Å². The number of hydrogen-bond acceptors (Lipinski definition) is 5. The van der Waals surface area contributed by atoms with Crippen molar-refractivity contribution in [2.45, 2.75) is 51.5 Å². The van der Waals surface area contributed by atoms with Gasteiger partial charge < -0.3 is 15.5 Å². The molecular weight excluding hydrogens is 547 g/mol. The normalized spacial score (nSPS) is 16.3. The molecule has 0 radical (unpaired) electrons. The van der Waals surface area contributed by atoms with Gasteiger partial charge in [-0.3, -0.25) is 24.5 Å². The fourth-order valence-electron chi connectivity index (χ4n) is 5.78. The number of amides is 4. The predicted octanol–water partition coefficient (Wildman–Crippen LogP) is 3.89. The van der Waals surface area contributed by atoms with Gasteiger partial charge in [-0.05, 0) is 51.6 Å². The molecule has 2 aliphatic heterocycles. The van der Waals surface area contributed by atoms with Crippen molar-refractivity contribution < 1.29 is 23.6 Å². The van der Waals surface area contributed by atoms with Gasteiger partial charge in [0.2, 0.25) is 17.7 Å². The minimum Gasteiger partial charge on any atom is -0.352 e. The number of carbonyl (C=O) groups is 4. The number of halogens is 1.